The topological polar surface area (TPSA) is 37.4 Å². The zero-order chi connectivity index (χ0) is 15.0. The van der Waals surface area contributed by atoms with Crippen molar-refractivity contribution in [3.8, 4) is 0 Å². The van der Waals surface area contributed by atoms with Crippen molar-refractivity contribution in [3.05, 3.63) is 33.8 Å². The standard InChI is InChI=1S/C17H20BrNO2/c1-11-7-8-14(18)13(10-11)17(21)19-9-3-5-15(19)12-4-2-6-16(12)20/h7-8,10,12,15H,2-6,9H2,1H3. The van der Waals surface area contributed by atoms with E-state index in [1.54, 1.807) is 0 Å². The molecule has 2 fully saturated rings. The molecule has 0 radical (unpaired) electrons. The first kappa shape index (κ1) is 14.8. The Balaban J connectivity index is 1.86. The Morgan fingerprint density at radius 2 is 2.10 bits per heavy atom. The van der Waals surface area contributed by atoms with Crippen LogP contribution in [0.4, 0.5) is 0 Å². The number of ketones is 1. The molecular formula is C17H20BrNO2. The fraction of sp³-hybridized carbons (Fsp3) is 0.529. The molecule has 0 aromatic heterocycles. The molecule has 3 rings (SSSR count). The number of hydrogen-bond acceptors (Lipinski definition) is 2. The van der Waals surface area contributed by atoms with Crippen molar-refractivity contribution >= 4 is 27.6 Å². The molecule has 1 aliphatic carbocycles. The Morgan fingerprint density at radius 1 is 1.29 bits per heavy atom. The average Bonchev–Trinajstić information content (AvgIpc) is 3.08. The van der Waals surface area contributed by atoms with Gasteiger partial charge in [0, 0.05) is 29.4 Å². The Bertz CT molecular complexity index is 584. The van der Waals surface area contributed by atoms with E-state index >= 15 is 0 Å². The quantitative estimate of drug-likeness (QED) is 0.815. The summed E-state index contributed by atoms with van der Waals surface area (Å²) in [6, 6.07) is 5.95. The molecule has 1 amide bonds. The Morgan fingerprint density at radius 3 is 2.81 bits per heavy atom. The third-order valence-corrected chi connectivity index (χ3v) is 5.42. The minimum absolute atomic E-state index is 0.0628. The monoisotopic (exact) mass is 349 g/mol. The van der Waals surface area contributed by atoms with E-state index in [0.29, 0.717) is 17.8 Å². The molecule has 1 aliphatic heterocycles. The van der Waals surface area contributed by atoms with Crippen LogP contribution >= 0.6 is 15.9 Å². The molecule has 3 nitrogen and oxygen atoms in total. The number of Topliss-reactive ketones (excluding diaryl/α,β-unsaturated/α-hetero) is 1. The lowest BCUT2D eigenvalue weighted by Gasteiger charge is -2.29. The van der Waals surface area contributed by atoms with Gasteiger partial charge in [-0.1, -0.05) is 11.6 Å². The van der Waals surface area contributed by atoms with Crippen LogP contribution in [0.25, 0.3) is 0 Å². The zero-order valence-corrected chi connectivity index (χ0v) is 13.9. The highest BCUT2D eigenvalue weighted by atomic mass is 79.9. The lowest BCUT2D eigenvalue weighted by molar-refractivity contribution is -0.121. The van der Waals surface area contributed by atoms with Crippen LogP contribution in [0.15, 0.2) is 22.7 Å². The van der Waals surface area contributed by atoms with Gasteiger partial charge in [-0.3, -0.25) is 9.59 Å². The van der Waals surface area contributed by atoms with Crippen LogP contribution < -0.4 is 0 Å². The fourth-order valence-electron chi connectivity index (χ4n) is 3.67. The van der Waals surface area contributed by atoms with Crippen molar-refractivity contribution in [2.75, 3.05) is 6.54 Å². The molecule has 21 heavy (non-hydrogen) atoms. The molecule has 2 aliphatic rings. The summed E-state index contributed by atoms with van der Waals surface area (Å²) < 4.78 is 0.835. The van der Waals surface area contributed by atoms with E-state index < -0.39 is 0 Å². The summed E-state index contributed by atoms with van der Waals surface area (Å²) in [6.07, 6.45) is 4.59. The van der Waals surface area contributed by atoms with Gasteiger partial charge in [-0.05, 0) is 60.7 Å². The van der Waals surface area contributed by atoms with E-state index in [9.17, 15) is 9.59 Å². The van der Waals surface area contributed by atoms with Crippen molar-refractivity contribution in [1.82, 2.24) is 4.90 Å². The molecule has 1 saturated heterocycles. The van der Waals surface area contributed by atoms with Gasteiger partial charge in [-0.2, -0.15) is 0 Å². The third-order valence-electron chi connectivity index (χ3n) is 4.73. The van der Waals surface area contributed by atoms with Crippen LogP contribution in [-0.2, 0) is 4.79 Å². The predicted octanol–water partition coefficient (Wildman–Crippen LogP) is 3.73. The summed E-state index contributed by atoms with van der Waals surface area (Å²) in [7, 11) is 0. The summed E-state index contributed by atoms with van der Waals surface area (Å²) in [6.45, 7) is 2.76. The second-order valence-electron chi connectivity index (χ2n) is 6.16. The summed E-state index contributed by atoms with van der Waals surface area (Å²) in [4.78, 5) is 26.9. The van der Waals surface area contributed by atoms with Gasteiger partial charge in [0.15, 0.2) is 0 Å². The van der Waals surface area contributed by atoms with Crippen LogP contribution in [0.5, 0.6) is 0 Å². The summed E-state index contributed by atoms with van der Waals surface area (Å²) >= 11 is 3.48. The lowest BCUT2D eigenvalue weighted by atomic mass is 9.94. The number of aryl methyl sites for hydroxylation is 1. The normalized spacial score (nSPS) is 25.6. The van der Waals surface area contributed by atoms with E-state index in [0.717, 1.165) is 42.3 Å². The number of nitrogens with zero attached hydrogens (tertiary/aromatic N) is 1. The first-order valence-corrected chi connectivity index (χ1v) is 8.47. The van der Waals surface area contributed by atoms with Gasteiger partial charge in [0.2, 0.25) is 0 Å². The maximum atomic E-state index is 12.9. The summed E-state index contributed by atoms with van der Waals surface area (Å²) in [5.41, 5.74) is 1.79. The number of carbonyl (C=O) groups excluding carboxylic acids is 2. The number of hydrogen-bond donors (Lipinski definition) is 0. The molecule has 2 atom stereocenters. The van der Waals surface area contributed by atoms with Gasteiger partial charge >= 0.3 is 0 Å². The van der Waals surface area contributed by atoms with Gasteiger partial charge in [0.05, 0.1) is 5.56 Å². The van der Waals surface area contributed by atoms with Crippen LogP contribution in [0.1, 0.15) is 48.0 Å². The largest absolute Gasteiger partial charge is 0.335 e. The Hall–Kier alpha value is -1.16. The highest BCUT2D eigenvalue weighted by Crippen LogP contribution is 2.34. The molecule has 1 aromatic rings. The van der Waals surface area contributed by atoms with Crippen LogP contribution in [-0.4, -0.2) is 29.2 Å². The Labute approximate surface area is 133 Å². The molecule has 1 aromatic carbocycles. The summed E-state index contributed by atoms with van der Waals surface area (Å²) in [5, 5.41) is 0. The zero-order valence-electron chi connectivity index (χ0n) is 12.3. The van der Waals surface area contributed by atoms with Crippen LogP contribution in [0.2, 0.25) is 0 Å². The molecule has 2 unspecified atom stereocenters. The van der Waals surface area contributed by atoms with Crippen molar-refractivity contribution in [2.24, 2.45) is 5.92 Å². The second kappa shape index (κ2) is 5.91. The number of rotatable bonds is 2. The maximum Gasteiger partial charge on any atom is 0.255 e. The molecular weight excluding hydrogens is 330 g/mol. The first-order chi connectivity index (χ1) is 10.1. The molecule has 0 bridgehead atoms. The van der Waals surface area contributed by atoms with Gasteiger partial charge in [0.1, 0.15) is 5.78 Å². The highest BCUT2D eigenvalue weighted by Gasteiger charge is 2.40. The lowest BCUT2D eigenvalue weighted by Crippen LogP contribution is -2.41. The van der Waals surface area contributed by atoms with E-state index in [-0.39, 0.29) is 17.9 Å². The summed E-state index contributed by atoms with van der Waals surface area (Å²) in [5.74, 6) is 0.482. The molecule has 0 spiro atoms. The van der Waals surface area contributed by atoms with E-state index in [1.807, 2.05) is 30.0 Å². The first-order valence-electron chi connectivity index (χ1n) is 7.68. The van der Waals surface area contributed by atoms with Crippen molar-refractivity contribution in [1.29, 1.82) is 0 Å². The minimum atomic E-state index is 0.0628. The van der Waals surface area contributed by atoms with Gasteiger partial charge in [-0.15, -0.1) is 0 Å². The smallest absolute Gasteiger partial charge is 0.255 e. The molecule has 1 saturated carbocycles. The van der Waals surface area contributed by atoms with E-state index in [1.165, 1.54) is 0 Å². The fourth-order valence-corrected chi connectivity index (χ4v) is 4.09. The van der Waals surface area contributed by atoms with Crippen molar-refractivity contribution < 1.29 is 9.59 Å². The van der Waals surface area contributed by atoms with E-state index in [4.69, 9.17) is 0 Å². The number of amides is 1. The van der Waals surface area contributed by atoms with Gasteiger partial charge < -0.3 is 4.90 Å². The van der Waals surface area contributed by atoms with Crippen molar-refractivity contribution in [2.45, 2.75) is 45.1 Å². The average molecular weight is 350 g/mol. The SMILES string of the molecule is Cc1ccc(Br)c(C(=O)N2CCCC2C2CCCC2=O)c1. The minimum Gasteiger partial charge on any atom is -0.335 e. The maximum absolute atomic E-state index is 12.9. The molecule has 112 valence electrons. The van der Waals surface area contributed by atoms with Crippen LogP contribution in [0.3, 0.4) is 0 Å². The second-order valence-corrected chi connectivity index (χ2v) is 7.01. The van der Waals surface area contributed by atoms with Gasteiger partial charge in [-0.25, -0.2) is 0 Å². The van der Waals surface area contributed by atoms with E-state index in [2.05, 4.69) is 15.9 Å². The number of carbonyl (C=O) groups is 2. The highest BCUT2D eigenvalue weighted by molar-refractivity contribution is 9.10. The van der Waals surface area contributed by atoms with Gasteiger partial charge in [0.25, 0.3) is 5.91 Å². The molecule has 1 heterocycles. The number of likely N-dealkylation sites (tertiary alicyclic amines) is 1. The van der Waals surface area contributed by atoms with Crippen LogP contribution in [0, 0.1) is 12.8 Å². The van der Waals surface area contributed by atoms with Crippen molar-refractivity contribution in [3.63, 3.8) is 0 Å². The number of halogens is 1. The molecule has 0 N–H and O–H groups in total. The third kappa shape index (κ3) is 2.78. The number of benzene rings is 1. The Kier molecular flexibility index (Phi) is 4.16. The predicted molar refractivity (Wildman–Crippen MR) is 85.3 cm³/mol. The molecule has 4 heteroatoms.